The quantitative estimate of drug-likeness (QED) is 0.756. The van der Waals surface area contributed by atoms with E-state index in [2.05, 4.69) is 31.0 Å². The maximum absolute atomic E-state index is 12.4. The molecule has 2 aliphatic heterocycles. The highest BCUT2D eigenvalue weighted by molar-refractivity contribution is 5.79. The van der Waals surface area contributed by atoms with Gasteiger partial charge in [-0.15, -0.1) is 0 Å². The van der Waals surface area contributed by atoms with Gasteiger partial charge in [-0.25, -0.2) is 0 Å². The second-order valence-corrected chi connectivity index (χ2v) is 6.68. The third-order valence-electron chi connectivity index (χ3n) is 4.37. The molecule has 3 nitrogen and oxygen atoms in total. The number of piperidine rings is 1. The lowest BCUT2D eigenvalue weighted by Crippen LogP contribution is -2.42. The van der Waals surface area contributed by atoms with Gasteiger partial charge in [0.2, 0.25) is 5.91 Å². The molecule has 2 rings (SSSR count). The normalized spacial score (nSPS) is 30.6. The van der Waals surface area contributed by atoms with Gasteiger partial charge in [0, 0.05) is 19.6 Å². The highest BCUT2D eigenvalue weighted by Crippen LogP contribution is 2.34. The molecule has 1 amide bonds. The molecule has 2 atom stereocenters. The molecule has 1 N–H and O–H groups in total. The van der Waals surface area contributed by atoms with Crippen molar-refractivity contribution in [2.24, 2.45) is 17.3 Å². The zero-order valence-electron chi connectivity index (χ0n) is 11.5. The van der Waals surface area contributed by atoms with E-state index in [1.54, 1.807) is 0 Å². The molecule has 3 heteroatoms. The van der Waals surface area contributed by atoms with E-state index in [1.165, 1.54) is 6.42 Å². The molecule has 0 aromatic carbocycles. The molecule has 0 radical (unpaired) electrons. The van der Waals surface area contributed by atoms with E-state index in [9.17, 15) is 4.79 Å². The Kier molecular flexibility index (Phi) is 3.76. The van der Waals surface area contributed by atoms with Crippen LogP contribution < -0.4 is 5.32 Å². The number of carbonyl (C=O) groups is 1. The molecule has 0 saturated carbocycles. The Bertz CT molecular complexity index is 276. The van der Waals surface area contributed by atoms with Gasteiger partial charge in [-0.2, -0.15) is 0 Å². The van der Waals surface area contributed by atoms with Gasteiger partial charge in [0.25, 0.3) is 0 Å². The summed E-state index contributed by atoms with van der Waals surface area (Å²) in [6.45, 7) is 10.8. The minimum absolute atomic E-state index is 0.238. The Hall–Kier alpha value is -0.570. The third-order valence-corrected chi connectivity index (χ3v) is 4.37. The Labute approximate surface area is 105 Å². The summed E-state index contributed by atoms with van der Waals surface area (Å²) in [6.07, 6.45) is 3.39. The summed E-state index contributed by atoms with van der Waals surface area (Å²) in [6, 6.07) is 0. The van der Waals surface area contributed by atoms with E-state index in [4.69, 9.17) is 0 Å². The van der Waals surface area contributed by atoms with Crippen LogP contribution >= 0.6 is 0 Å². The van der Waals surface area contributed by atoms with Crippen molar-refractivity contribution in [1.29, 1.82) is 0 Å². The first-order valence-electron chi connectivity index (χ1n) is 6.98. The second-order valence-electron chi connectivity index (χ2n) is 6.68. The SMILES string of the molecule is CC(C)(C)C1CCN(C(=O)[C@@H]2CCCNC2)C1. The van der Waals surface area contributed by atoms with Gasteiger partial charge in [0.1, 0.15) is 0 Å². The zero-order valence-corrected chi connectivity index (χ0v) is 11.5. The Morgan fingerprint density at radius 1 is 1.29 bits per heavy atom. The number of rotatable bonds is 1. The van der Waals surface area contributed by atoms with Gasteiger partial charge < -0.3 is 10.2 Å². The van der Waals surface area contributed by atoms with E-state index < -0.39 is 0 Å². The summed E-state index contributed by atoms with van der Waals surface area (Å²) in [4.78, 5) is 14.5. The number of hydrogen-bond donors (Lipinski definition) is 1. The van der Waals surface area contributed by atoms with Crippen molar-refractivity contribution in [3.05, 3.63) is 0 Å². The molecular formula is C14H26N2O. The van der Waals surface area contributed by atoms with Gasteiger partial charge in [-0.05, 0) is 37.1 Å². The van der Waals surface area contributed by atoms with Crippen LogP contribution in [0.5, 0.6) is 0 Å². The zero-order chi connectivity index (χ0) is 12.5. The van der Waals surface area contributed by atoms with E-state index in [0.717, 1.165) is 39.0 Å². The maximum Gasteiger partial charge on any atom is 0.226 e. The van der Waals surface area contributed by atoms with Crippen LogP contribution in [0.25, 0.3) is 0 Å². The fourth-order valence-electron chi connectivity index (χ4n) is 2.99. The average molecular weight is 238 g/mol. The fourth-order valence-corrected chi connectivity index (χ4v) is 2.99. The molecular weight excluding hydrogens is 212 g/mol. The molecule has 2 heterocycles. The number of amides is 1. The number of nitrogens with zero attached hydrogens (tertiary/aromatic N) is 1. The van der Waals surface area contributed by atoms with Crippen molar-refractivity contribution < 1.29 is 4.79 Å². The number of hydrogen-bond acceptors (Lipinski definition) is 2. The van der Waals surface area contributed by atoms with Gasteiger partial charge in [0.15, 0.2) is 0 Å². The fraction of sp³-hybridized carbons (Fsp3) is 0.929. The van der Waals surface area contributed by atoms with Crippen molar-refractivity contribution in [2.75, 3.05) is 26.2 Å². The largest absolute Gasteiger partial charge is 0.342 e. The smallest absolute Gasteiger partial charge is 0.226 e. The Balaban J connectivity index is 1.89. The van der Waals surface area contributed by atoms with Crippen molar-refractivity contribution in [2.45, 2.75) is 40.0 Å². The standard InChI is InChI=1S/C14H26N2O/c1-14(2,3)12-6-8-16(10-12)13(17)11-5-4-7-15-9-11/h11-12,15H,4-10H2,1-3H3/t11-,12?/m1/s1. The maximum atomic E-state index is 12.4. The first-order chi connectivity index (χ1) is 7.98. The first-order valence-corrected chi connectivity index (χ1v) is 6.98. The summed E-state index contributed by atoms with van der Waals surface area (Å²) in [5.74, 6) is 1.30. The molecule has 2 aliphatic rings. The summed E-state index contributed by atoms with van der Waals surface area (Å²) in [5.41, 5.74) is 0.333. The van der Waals surface area contributed by atoms with Crippen molar-refractivity contribution in [3.8, 4) is 0 Å². The predicted octanol–water partition coefficient (Wildman–Crippen LogP) is 1.88. The van der Waals surface area contributed by atoms with Gasteiger partial charge in [-0.3, -0.25) is 4.79 Å². The molecule has 0 aromatic heterocycles. The topological polar surface area (TPSA) is 32.3 Å². The number of nitrogens with one attached hydrogen (secondary N) is 1. The van der Waals surface area contributed by atoms with Crippen LogP contribution in [0.4, 0.5) is 0 Å². The predicted molar refractivity (Wildman–Crippen MR) is 69.7 cm³/mol. The number of carbonyl (C=O) groups excluding carboxylic acids is 1. The molecule has 2 saturated heterocycles. The molecule has 0 bridgehead atoms. The highest BCUT2D eigenvalue weighted by Gasteiger charge is 2.36. The average Bonchev–Trinajstić information content (AvgIpc) is 2.78. The van der Waals surface area contributed by atoms with Gasteiger partial charge in [0.05, 0.1) is 5.92 Å². The lowest BCUT2D eigenvalue weighted by molar-refractivity contribution is -0.135. The lowest BCUT2D eigenvalue weighted by atomic mass is 9.80. The summed E-state index contributed by atoms with van der Waals surface area (Å²) < 4.78 is 0. The molecule has 2 fully saturated rings. The molecule has 0 aliphatic carbocycles. The van der Waals surface area contributed by atoms with Crippen LogP contribution in [-0.4, -0.2) is 37.0 Å². The Morgan fingerprint density at radius 2 is 2.06 bits per heavy atom. The van der Waals surface area contributed by atoms with Gasteiger partial charge >= 0.3 is 0 Å². The van der Waals surface area contributed by atoms with Crippen LogP contribution in [0.2, 0.25) is 0 Å². The van der Waals surface area contributed by atoms with Crippen LogP contribution in [0.15, 0.2) is 0 Å². The molecule has 0 aromatic rings. The van der Waals surface area contributed by atoms with Crippen molar-refractivity contribution in [3.63, 3.8) is 0 Å². The van der Waals surface area contributed by atoms with Crippen LogP contribution in [0, 0.1) is 17.3 Å². The van der Waals surface area contributed by atoms with E-state index in [0.29, 0.717) is 17.2 Å². The Morgan fingerprint density at radius 3 is 2.59 bits per heavy atom. The molecule has 98 valence electrons. The third kappa shape index (κ3) is 3.01. The van der Waals surface area contributed by atoms with E-state index in [1.807, 2.05) is 0 Å². The summed E-state index contributed by atoms with van der Waals surface area (Å²) in [7, 11) is 0. The van der Waals surface area contributed by atoms with E-state index in [-0.39, 0.29) is 5.92 Å². The van der Waals surface area contributed by atoms with E-state index >= 15 is 0 Å². The second kappa shape index (κ2) is 4.97. The van der Waals surface area contributed by atoms with Crippen LogP contribution in [0.3, 0.4) is 0 Å². The van der Waals surface area contributed by atoms with Crippen LogP contribution in [-0.2, 0) is 4.79 Å². The van der Waals surface area contributed by atoms with Gasteiger partial charge in [-0.1, -0.05) is 20.8 Å². The van der Waals surface area contributed by atoms with Crippen LogP contribution in [0.1, 0.15) is 40.0 Å². The monoisotopic (exact) mass is 238 g/mol. The minimum atomic E-state index is 0.238. The van der Waals surface area contributed by atoms with Crippen molar-refractivity contribution >= 4 is 5.91 Å². The minimum Gasteiger partial charge on any atom is -0.342 e. The van der Waals surface area contributed by atoms with Crippen molar-refractivity contribution in [1.82, 2.24) is 10.2 Å². The summed E-state index contributed by atoms with van der Waals surface area (Å²) in [5, 5.41) is 3.33. The molecule has 0 spiro atoms. The highest BCUT2D eigenvalue weighted by atomic mass is 16.2. The summed E-state index contributed by atoms with van der Waals surface area (Å²) >= 11 is 0. The first kappa shape index (κ1) is 12.9. The lowest BCUT2D eigenvalue weighted by Gasteiger charge is -2.29. The number of likely N-dealkylation sites (tertiary alicyclic amines) is 1. The molecule has 1 unspecified atom stereocenters. The molecule has 17 heavy (non-hydrogen) atoms.